The van der Waals surface area contributed by atoms with E-state index in [-0.39, 0.29) is 23.0 Å². The Morgan fingerprint density at radius 2 is 2.15 bits per heavy atom. The molecular formula is C12H11NO4S3. The molecule has 1 fully saturated rings. The second-order valence-electron chi connectivity index (χ2n) is 4.68. The van der Waals surface area contributed by atoms with Gasteiger partial charge < -0.3 is 5.11 Å². The van der Waals surface area contributed by atoms with Crippen LogP contribution >= 0.6 is 22.7 Å². The number of hydrogen-bond donors (Lipinski definition) is 1. The number of rotatable bonds is 3. The zero-order valence-electron chi connectivity index (χ0n) is 10.3. The molecule has 0 spiro atoms. The van der Waals surface area contributed by atoms with Crippen molar-refractivity contribution < 1.29 is 18.3 Å². The summed E-state index contributed by atoms with van der Waals surface area (Å²) in [6.45, 7) is 0. The summed E-state index contributed by atoms with van der Waals surface area (Å²) in [6.07, 6.45) is 0.625. The number of thiazole rings is 1. The molecule has 0 radical (unpaired) electrons. The number of carboxylic acid groups (broad SMARTS) is 1. The Kier molecular flexibility index (Phi) is 3.39. The fourth-order valence-electron chi connectivity index (χ4n) is 2.16. The first-order valence-electron chi connectivity index (χ1n) is 5.93. The lowest BCUT2D eigenvalue weighted by atomic mass is 10.1. The zero-order valence-corrected chi connectivity index (χ0v) is 12.7. The molecule has 5 nitrogen and oxygen atoms in total. The van der Waals surface area contributed by atoms with Gasteiger partial charge in [-0.15, -0.1) is 22.7 Å². The lowest BCUT2D eigenvalue weighted by molar-refractivity contribution is 0.0697. The summed E-state index contributed by atoms with van der Waals surface area (Å²) >= 11 is 2.78. The Labute approximate surface area is 123 Å². The summed E-state index contributed by atoms with van der Waals surface area (Å²) in [7, 11) is -2.91. The van der Waals surface area contributed by atoms with Crippen LogP contribution < -0.4 is 0 Å². The number of carboxylic acids is 1. The van der Waals surface area contributed by atoms with Crippen LogP contribution in [0.15, 0.2) is 16.8 Å². The molecule has 2 aromatic heterocycles. The van der Waals surface area contributed by atoms with Crippen LogP contribution in [-0.2, 0) is 9.84 Å². The number of aromatic carboxylic acids is 1. The van der Waals surface area contributed by atoms with Gasteiger partial charge in [0.25, 0.3) is 0 Å². The Bertz CT molecular complexity index is 759. The average Bonchev–Trinajstić information content (AvgIpc) is 3.04. The van der Waals surface area contributed by atoms with Gasteiger partial charge in [-0.05, 0) is 12.5 Å². The molecule has 1 atom stereocenters. The third kappa shape index (κ3) is 2.63. The minimum Gasteiger partial charge on any atom is -0.478 e. The third-order valence-electron chi connectivity index (χ3n) is 3.20. The highest BCUT2D eigenvalue weighted by Gasteiger charge is 2.31. The SMILES string of the molecule is O=C(O)c1csc(-c2csc(C3CCS(=O)(=O)C3)n2)c1. The number of aromatic nitrogens is 1. The predicted molar refractivity (Wildman–Crippen MR) is 78.4 cm³/mol. The molecule has 1 aliphatic rings. The Morgan fingerprint density at radius 3 is 2.75 bits per heavy atom. The highest BCUT2D eigenvalue weighted by molar-refractivity contribution is 7.91. The lowest BCUT2D eigenvalue weighted by Crippen LogP contribution is -2.03. The fourth-order valence-corrected chi connectivity index (χ4v) is 5.89. The summed E-state index contributed by atoms with van der Waals surface area (Å²) in [4.78, 5) is 16.1. The Hall–Kier alpha value is -1.25. The molecule has 8 heteroatoms. The van der Waals surface area contributed by atoms with Crippen LogP contribution in [0.2, 0.25) is 0 Å². The summed E-state index contributed by atoms with van der Waals surface area (Å²) in [5.41, 5.74) is 0.981. The first kappa shape index (κ1) is 13.7. The molecule has 0 aromatic carbocycles. The van der Waals surface area contributed by atoms with Crippen molar-refractivity contribution in [2.45, 2.75) is 12.3 Å². The van der Waals surface area contributed by atoms with Crippen molar-refractivity contribution in [3.8, 4) is 10.6 Å². The first-order valence-corrected chi connectivity index (χ1v) is 9.51. The molecule has 0 amide bonds. The number of hydrogen-bond acceptors (Lipinski definition) is 6. The van der Waals surface area contributed by atoms with Gasteiger partial charge in [-0.3, -0.25) is 0 Å². The summed E-state index contributed by atoms with van der Waals surface area (Å²) in [5, 5.41) is 13.2. The van der Waals surface area contributed by atoms with Crippen LogP contribution in [0.25, 0.3) is 10.6 Å². The summed E-state index contributed by atoms with van der Waals surface area (Å²) in [6, 6.07) is 1.59. The van der Waals surface area contributed by atoms with Gasteiger partial charge in [0.1, 0.15) is 0 Å². The first-order chi connectivity index (χ1) is 9.44. The average molecular weight is 329 g/mol. The highest BCUT2D eigenvalue weighted by Crippen LogP contribution is 2.35. The normalized spacial score (nSPS) is 21.1. The van der Waals surface area contributed by atoms with Crippen molar-refractivity contribution in [3.63, 3.8) is 0 Å². The Balaban J connectivity index is 1.85. The molecule has 1 N–H and O–H groups in total. The van der Waals surface area contributed by atoms with E-state index < -0.39 is 15.8 Å². The van der Waals surface area contributed by atoms with Crippen LogP contribution in [-0.4, -0.2) is 36.0 Å². The molecule has 3 rings (SSSR count). The monoisotopic (exact) mass is 329 g/mol. The van der Waals surface area contributed by atoms with Crippen molar-refractivity contribution in [1.82, 2.24) is 4.98 Å². The fraction of sp³-hybridized carbons (Fsp3) is 0.333. The van der Waals surface area contributed by atoms with E-state index in [1.807, 2.05) is 5.38 Å². The van der Waals surface area contributed by atoms with E-state index in [1.54, 1.807) is 11.4 Å². The third-order valence-corrected chi connectivity index (χ3v) is 6.93. The van der Waals surface area contributed by atoms with E-state index in [0.717, 1.165) is 15.6 Å². The second-order valence-corrected chi connectivity index (χ2v) is 8.71. The maximum absolute atomic E-state index is 11.5. The van der Waals surface area contributed by atoms with Crippen LogP contribution in [0.3, 0.4) is 0 Å². The predicted octanol–water partition coefficient (Wildman–Crippen LogP) is 2.47. The molecule has 20 heavy (non-hydrogen) atoms. The maximum Gasteiger partial charge on any atom is 0.336 e. The van der Waals surface area contributed by atoms with Gasteiger partial charge >= 0.3 is 5.97 Å². The number of thiophene rings is 1. The van der Waals surface area contributed by atoms with Gasteiger partial charge in [0.2, 0.25) is 0 Å². The van der Waals surface area contributed by atoms with Crippen molar-refractivity contribution in [2.24, 2.45) is 0 Å². The summed E-state index contributed by atoms with van der Waals surface area (Å²) < 4.78 is 23.0. The lowest BCUT2D eigenvalue weighted by Gasteiger charge is -2.00. The minimum atomic E-state index is -2.91. The van der Waals surface area contributed by atoms with Crippen molar-refractivity contribution in [3.05, 3.63) is 27.4 Å². The largest absolute Gasteiger partial charge is 0.478 e. The minimum absolute atomic E-state index is 0.0161. The van der Waals surface area contributed by atoms with E-state index in [1.165, 1.54) is 22.7 Å². The molecule has 1 unspecified atom stereocenters. The van der Waals surface area contributed by atoms with Gasteiger partial charge in [0.15, 0.2) is 9.84 Å². The molecule has 0 aliphatic carbocycles. The van der Waals surface area contributed by atoms with Gasteiger partial charge in [0, 0.05) is 16.7 Å². The van der Waals surface area contributed by atoms with Crippen molar-refractivity contribution in [2.75, 3.05) is 11.5 Å². The van der Waals surface area contributed by atoms with E-state index in [9.17, 15) is 13.2 Å². The van der Waals surface area contributed by atoms with Crippen LogP contribution in [0, 0.1) is 0 Å². The quantitative estimate of drug-likeness (QED) is 0.935. The number of sulfone groups is 1. The number of nitrogens with zero attached hydrogens (tertiary/aromatic N) is 1. The maximum atomic E-state index is 11.5. The van der Waals surface area contributed by atoms with Gasteiger partial charge in [0.05, 0.1) is 32.6 Å². The molecule has 1 saturated heterocycles. The zero-order chi connectivity index (χ0) is 14.3. The van der Waals surface area contributed by atoms with Gasteiger partial charge in [-0.25, -0.2) is 18.2 Å². The van der Waals surface area contributed by atoms with Crippen LogP contribution in [0.5, 0.6) is 0 Å². The number of carbonyl (C=O) groups is 1. The summed E-state index contributed by atoms with van der Waals surface area (Å²) in [5.74, 6) is -0.568. The van der Waals surface area contributed by atoms with E-state index in [0.29, 0.717) is 6.42 Å². The van der Waals surface area contributed by atoms with Gasteiger partial charge in [-0.1, -0.05) is 0 Å². The molecule has 0 saturated carbocycles. The van der Waals surface area contributed by atoms with E-state index in [2.05, 4.69) is 4.98 Å². The van der Waals surface area contributed by atoms with Crippen molar-refractivity contribution in [1.29, 1.82) is 0 Å². The molecule has 2 aromatic rings. The smallest absolute Gasteiger partial charge is 0.336 e. The van der Waals surface area contributed by atoms with Gasteiger partial charge in [-0.2, -0.15) is 0 Å². The highest BCUT2D eigenvalue weighted by atomic mass is 32.2. The molecular weight excluding hydrogens is 318 g/mol. The van der Waals surface area contributed by atoms with E-state index >= 15 is 0 Å². The molecule has 3 heterocycles. The molecule has 0 bridgehead atoms. The van der Waals surface area contributed by atoms with E-state index in [4.69, 9.17) is 5.11 Å². The Morgan fingerprint density at radius 1 is 1.35 bits per heavy atom. The molecule has 1 aliphatic heterocycles. The van der Waals surface area contributed by atoms with Crippen molar-refractivity contribution >= 4 is 38.5 Å². The molecule has 106 valence electrons. The van der Waals surface area contributed by atoms with Crippen LogP contribution in [0.4, 0.5) is 0 Å². The topological polar surface area (TPSA) is 84.3 Å². The standard InChI is InChI=1S/C12H11NO4S3/c14-12(15)8-3-10(18-4-8)9-5-19-11(13-9)7-1-2-20(16,17)6-7/h3-5,7H,1-2,6H2,(H,14,15). The van der Waals surface area contributed by atoms with Crippen LogP contribution in [0.1, 0.15) is 27.7 Å². The second kappa shape index (κ2) is 4.94.